The average Bonchev–Trinajstić information content (AvgIpc) is 2.27. The molecular formula is C19H40. The standard InChI is InChI=1S/C19H40/c1-16(2)10-7-12-18(5)14-9-15-19(6)13-8-11-17(3)4/h16-19H,7-15H2,1-6H3/t18-,19-/m0/s1. The van der Waals surface area contributed by atoms with Gasteiger partial charge in [-0.3, -0.25) is 0 Å². The quantitative estimate of drug-likeness (QED) is 0.354. The van der Waals surface area contributed by atoms with E-state index in [4.69, 9.17) is 0 Å². The van der Waals surface area contributed by atoms with Crippen LogP contribution in [-0.4, -0.2) is 0 Å². The van der Waals surface area contributed by atoms with Gasteiger partial charge in [0.05, 0.1) is 0 Å². The Labute approximate surface area is 123 Å². The highest BCUT2D eigenvalue weighted by atomic mass is 14.1. The fourth-order valence-electron chi connectivity index (χ4n) is 2.85. The Morgan fingerprint density at radius 2 is 0.684 bits per heavy atom. The molecule has 2 atom stereocenters. The molecule has 0 fully saturated rings. The van der Waals surface area contributed by atoms with E-state index in [1.54, 1.807) is 0 Å². The highest BCUT2D eigenvalue weighted by Gasteiger charge is 2.06. The molecule has 0 aliphatic carbocycles. The van der Waals surface area contributed by atoms with Crippen molar-refractivity contribution in [2.75, 3.05) is 0 Å². The number of hydrogen-bond acceptors (Lipinski definition) is 0. The molecule has 0 aromatic carbocycles. The Balaban J connectivity index is 3.40. The molecule has 0 saturated carbocycles. The first kappa shape index (κ1) is 19.0. The highest BCUT2D eigenvalue weighted by molar-refractivity contribution is 4.60. The zero-order valence-electron chi connectivity index (χ0n) is 14.7. The molecule has 0 aromatic rings. The molecule has 116 valence electrons. The summed E-state index contributed by atoms with van der Waals surface area (Å²) in [6.45, 7) is 14.2. The Bertz CT molecular complexity index is 160. The van der Waals surface area contributed by atoms with Crippen LogP contribution in [0.4, 0.5) is 0 Å². The van der Waals surface area contributed by atoms with Crippen LogP contribution < -0.4 is 0 Å². The van der Waals surface area contributed by atoms with Crippen molar-refractivity contribution in [2.45, 2.75) is 99.3 Å². The molecule has 0 heteroatoms. The molecule has 0 heterocycles. The summed E-state index contributed by atoms with van der Waals surface area (Å²) in [4.78, 5) is 0. The predicted molar refractivity (Wildman–Crippen MR) is 89.6 cm³/mol. The molecule has 0 spiro atoms. The van der Waals surface area contributed by atoms with Gasteiger partial charge < -0.3 is 0 Å². The SMILES string of the molecule is CC(C)CCC[C@H](C)CCC[C@@H](C)CCCC(C)C. The molecule has 0 bridgehead atoms. The largest absolute Gasteiger partial charge is 0.0628 e. The van der Waals surface area contributed by atoms with E-state index in [1.165, 1.54) is 57.8 Å². The fourth-order valence-corrected chi connectivity index (χ4v) is 2.85. The van der Waals surface area contributed by atoms with Crippen molar-refractivity contribution in [1.29, 1.82) is 0 Å². The molecule has 0 aliphatic rings. The first-order chi connectivity index (χ1) is 8.91. The maximum Gasteiger partial charge on any atom is -0.0443 e. The minimum Gasteiger partial charge on any atom is -0.0628 e. The van der Waals surface area contributed by atoms with Gasteiger partial charge in [-0.2, -0.15) is 0 Å². The third kappa shape index (κ3) is 14.2. The van der Waals surface area contributed by atoms with Crippen molar-refractivity contribution in [1.82, 2.24) is 0 Å². The van der Waals surface area contributed by atoms with Gasteiger partial charge in [0.2, 0.25) is 0 Å². The second-order valence-electron chi connectivity index (χ2n) is 7.79. The first-order valence-electron chi connectivity index (χ1n) is 8.91. The van der Waals surface area contributed by atoms with E-state index in [0.717, 1.165) is 23.7 Å². The molecule has 0 rings (SSSR count). The van der Waals surface area contributed by atoms with Gasteiger partial charge in [0.1, 0.15) is 0 Å². The van der Waals surface area contributed by atoms with E-state index in [-0.39, 0.29) is 0 Å². The maximum atomic E-state index is 2.45. The normalized spacial score (nSPS) is 15.2. The van der Waals surface area contributed by atoms with Crippen molar-refractivity contribution in [3.05, 3.63) is 0 Å². The van der Waals surface area contributed by atoms with Crippen molar-refractivity contribution < 1.29 is 0 Å². The maximum absolute atomic E-state index is 2.45. The second-order valence-corrected chi connectivity index (χ2v) is 7.79. The Morgan fingerprint density at radius 3 is 0.947 bits per heavy atom. The zero-order valence-corrected chi connectivity index (χ0v) is 14.7. The Morgan fingerprint density at radius 1 is 0.421 bits per heavy atom. The fraction of sp³-hybridized carbons (Fsp3) is 1.00. The smallest absolute Gasteiger partial charge is 0.0443 e. The minimum absolute atomic E-state index is 0.883. The van der Waals surface area contributed by atoms with Crippen molar-refractivity contribution in [2.24, 2.45) is 23.7 Å². The van der Waals surface area contributed by atoms with Gasteiger partial charge in [-0.05, 0) is 23.7 Å². The molecular weight excluding hydrogens is 228 g/mol. The highest BCUT2D eigenvalue weighted by Crippen LogP contribution is 2.21. The van der Waals surface area contributed by atoms with E-state index in [9.17, 15) is 0 Å². The van der Waals surface area contributed by atoms with Crippen LogP contribution in [0.2, 0.25) is 0 Å². The molecule has 0 nitrogen and oxygen atoms in total. The summed E-state index contributed by atoms with van der Waals surface area (Å²) in [6, 6.07) is 0. The average molecular weight is 269 g/mol. The van der Waals surface area contributed by atoms with Crippen molar-refractivity contribution in [3.63, 3.8) is 0 Å². The van der Waals surface area contributed by atoms with Gasteiger partial charge in [0.15, 0.2) is 0 Å². The van der Waals surface area contributed by atoms with Crippen LogP contribution in [0.1, 0.15) is 99.3 Å². The monoisotopic (exact) mass is 268 g/mol. The lowest BCUT2D eigenvalue weighted by Gasteiger charge is -2.15. The van der Waals surface area contributed by atoms with Gasteiger partial charge in [0.25, 0.3) is 0 Å². The molecule has 0 aromatic heterocycles. The lowest BCUT2D eigenvalue weighted by molar-refractivity contribution is 0.381. The molecule has 0 amide bonds. The molecule has 0 N–H and O–H groups in total. The summed E-state index contributed by atoms with van der Waals surface area (Å²) in [7, 11) is 0. The summed E-state index contributed by atoms with van der Waals surface area (Å²) in [5.41, 5.74) is 0. The van der Waals surface area contributed by atoms with Gasteiger partial charge in [0, 0.05) is 0 Å². The van der Waals surface area contributed by atoms with Crippen molar-refractivity contribution in [3.8, 4) is 0 Å². The number of hydrogen-bond donors (Lipinski definition) is 0. The Kier molecular flexibility index (Phi) is 11.8. The molecule has 19 heavy (non-hydrogen) atoms. The lowest BCUT2D eigenvalue weighted by atomic mass is 9.91. The zero-order chi connectivity index (χ0) is 14.7. The van der Waals surface area contributed by atoms with Gasteiger partial charge in [-0.25, -0.2) is 0 Å². The topological polar surface area (TPSA) is 0 Å². The van der Waals surface area contributed by atoms with Crippen LogP contribution in [0, 0.1) is 23.7 Å². The van der Waals surface area contributed by atoms with Crippen LogP contribution in [-0.2, 0) is 0 Å². The van der Waals surface area contributed by atoms with Gasteiger partial charge >= 0.3 is 0 Å². The summed E-state index contributed by atoms with van der Waals surface area (Å²) < 4.78 is 0. The molecule has 0 unspecified atom stereocenters. The Hall–Kier alpha value is 0. The van der Waals surface area contributed by atoms with E-state index in [1.807, 2.05) is 0 Å². The number of rotatable bonds is 12. The van der Waals surface area contributed by atoms with E-state index in [0.29, 0.717) is 0 Å². The van der Waals surface area contributed by atoms with Crippen LogP contribution in [0.15, 0.2) is 0 Å². The van der Waals surface area contributed by atoms with Gasteiger partial charge in [-0.15, -0.1) is 0 Å². The third-order valence-corrected chi connectivity index (χ3v) is 4.35. The molecule has 0 saturated heterocycles. The van der Waals surface area contributed by atoms with E-state index < -0.39 is 0 Å². The van der Waals surface area contributed by atoms with E-state index in [2.05, 4.69) is 41.5 Å². The molecule has 0 radical (unpaired) electrons. The summed E-state index contributed by atoms with van der Waals surface area (Å²) in [6.07, 6.45) is 12.9. The van der Waals surface area contributed by atoms with Crippen LogP contribution in [0.5, 0.6) is 0 Å². The third-order valence-electron chi connectivity index (χ3n) is 4.35. The minimum atomic E-state index is 0.883. The van der Waals surface area contributed by atoms with E-state index >= 15 is 0 Å². The molecule has 0 aliphatic heterocycles. The van der Waals surface area contributed by atoms with Crippen LogP contribution >= 0.6 is 0 Å². The summed E-state index contributed by atoms with van der Waals surface area (Å²) >= 11 is 0. The summed E-state index contributed by atoms with van der Waals surface area (Å²) in [5.74, 6) is 3.66. The van der Waals surface area contributed by atoms with Crippen molar-refractivity contribution >= 4 is 0 Å². The summed E-state index contributed by atoms with van der Waals surface area (Å²) in [5, 5.41) is 0. The first-order valence-corrected chi connectivity index (χ1v) is 8.91. The second kappa shape index (κ2) is 11.8. The lowest BCUT2D eigenvalue weighted by Crippen LogP contribution is -2.00. The van der Waals surface area contributed by atoms with Gasteiger partial charge in [-0.1, -0.05) is 99.3 Å². The van der Waals surface area contributed by atoms with Crippen LogP contribution in [0.3, 0.4) is 0 Å². The van der Waals surface area contributed by atoms with Crippen LogP contribution in [0.25, 0.3) is 0 Å². The predicted octanol–water partition coefficient (Wildman–Crippen LogP) is 7.08.